The molecule has 0 saturated heterocycles. The molecule has 290 valence electrons. The van der Waals surface area contributed by atoms with Gasteiger partial charge in [0.25, 0.3) is 0 Å². The fraction of sp³-hybridized carbons (Fsp3) is 0. The Morgan fingerprint density at radius 1 is 0.274 bits per heavy atom. The number of hydrogen-bond acceptors (Lipinski definition) is 2. The van der Waals surface area contributed by atoms with Crippen molar-refractivity contribution >= 4 is 43.6 Å². The van der Waals surface area contributed by atoms with Crippen LogP contribution in [0.15, 0.2) is 231 Å². The zero-order valence-electron chi connectivity index (χ0n) is 33.7. The monoisotopic (exact) mass is 790 g/mol. The number of hydrogen-bond donors (Lipinski definition) is 0. The van der Waals surface area contributed by atoms with Crippen LogP contribution in [-0.2, 0) is 0 Å². The molecule has 0 spiro atoms. The molecule has 0 radical (unpaired) electrons. The molecule has 12 rings (SSSR count). The van der Waals surface area contributed by atoms with Crippen molar-refractivity contribution in [3.63, 3.8) is 0 Å². The molecule has 0 bridgehead atoms. The van der Waals surface area contributed by atoms with E-state index in [-0.39, 0.29) is 0 Å². The molecule has 0 aliphatic heterocycles. The van der Waals surface area contributed by atoms with Crippen LogP contribution in [0, 0.1) is 0 Å². The number of benzene rings is 9. The fourth-order valence-corrected chi connectivity index (χ4v) is 9.26. The fourth-order valence-electron chi connectivity index (χ4n) is 9.26. The molecule has 0 amide bonds. The lowest BCUT2D eigenvalue weighted by Gasteiger charge is -2.11. The van der Waals surface area contributed by atoms with E-state index in [0.29, 0.717) is 5.82 Å². The van der Waals surface area contributed by atoms with Gasteiger partial charge in [0.1, 0.15) is 0 Å². The molecule has 12 aromatic rings. The highest BCUT2D eigenvalue weighted by Crippen LogP contribution is 2.41. The number of rotatable bonds is 7. The van der Waals surface area contributed by atoms with Gasteiger partial charge in [-0.2, -0.15) is 0 Å². The Balaban J connectivity index is 1.04. The average molecular weight is 791 g/mol. The van der Waals surface area contributed by atoms with Crippen LogP contribution in [0.4, 0.5) is 0 Å². The van der Waals surface area contributed by atoms with Gasteiger partial charge < -0.3 is 9.13 Å². The van der Waals surface area contributed by atoms with Crippen LogP contribution in [0.2, 0.25) is 0 Å². The molecule has 0 aliphatic carbocycles. The Hall–Kier alpha value is -8.34. The van der Waals surface area contributed by atoms with E-state index in [4.69, 9.17) is 9.97 Å². The highest BCUT2D eigenvalue weighted by atomic mass is 15.0. The van der Waals surface area contributed by atoms with Crippen molar-refractivity contribution in [2.75, 3.05) is 0 Å². The van der Waals surface area contributed by atoms with Gasteiger partial charge in [-0.25, -0.2) is 9.97 Å². The topological polar surface area (TPSA) is 35.6 Å². The minimum Gasteiger partial charge on any atom is -0.309 e. The summed E-state index contributed by atoms with van der Waals surface area (Å²) in [5.41, 5.74) is 16.4. The van der Waals surface area contributed by atoms with Crippen molar-refractivity contribution in [1.82, 2.24) is 19.1 Å². The summed E-state index contributed by atoms with van der Waals surface area (Å²) in [5, 5.41) is 4.75. The van der Waals surface area contributed by atoms with Crippen LogP contribution in [0.3, 0.4) is 0 Å². The molecule has 4 nitrogen and oxygen atoms in total. The largest absolute Gasteiger partial charge is 0.309 e. The van der Waals surface area contributed by atoms with E-state index in [1.54, 1.807) is 0 Å². The molecule has 0 saturated carbocycles. The van der Waals surface area contributed by atoms with Gasteiger partial charge in [0.2, 0.25) is 0 Å². The van der Waals surface area contributed by atoms with E-state index in [9.17, 15) is 0 Å². The highest BCUT2D eigenvalue weighted by molar-refractivity contribution is 6.16. The Morgan fingerprint density at radius 3 is 1.32 bits per heavy atom. The van der Waals surface area contributed by atoms with Gasteiger partial charge in [0.05, 0.1) is 33.5 Å². The predicted molar refractivity (Wildman–Crippen MR) is 258 cm³/mol. The maximum atomic E-state index is 5.30. The van der Waals surface area contributed by atoms with E-state index in [2.05, 4.69) is 228 Å². The van der Waals surface area contributed by atoms with Crippen LogP contribution in [0.25, 0.3) is 111 Å². The first kappa shape index (κ1) is 35.6. The van der Waals surface area contributed by atoms with Gasteiger partial charge in [0.15, 0.2) is 5.82 Å². The lowest BCUT2D eigenvalue weighted by atomic mass is 9.96. The first-order chi connectivity index (χ1) is 30.7. The van der Waals surface area contributed by atoms with Crippen molar-refractivity contribution in [2.24, 2.45) is 0 Å². The molecule has 0 aliphatic rings. The third-order valence-electron chi connectivity index (χ3n) is 12.1. The number of fused-ring (bicyclic) bond motifs is 6. The van der Waals surface area contributed by atoms with Crippen molar-refractivity contribution in [3.05, 3.63) is 231 Å². The minimum atomic E-state index is 0.694. The molecule has 0 atom stereocenters. The lowest BCUT2D eigenvalue weighted by molar-refractivity contribution is 1.17. The van der Waals surface area contributed by atoms with Gasteiger partial charge in [-0.15, -0.1) is 0 Å². The Bertz CT molecular complexity index is 3550. The van der Waals surface area contributed by atoms with Gasteiger partial charge in [-0.1, -0.05) is 158 Å². The number of nitrogens with zero attached hydrogens (tertiary/aromatic N) is 4. The van der Waals surface area contributed by atoms with Gasteiger partial charge in [-0.05, 0) is 95.1 Å². The Kier molecular flexibility index (Phi) is 8.46. The summed E-state index contributed by atoms with van der Waals surface area (Å²) in [5.74, 6) is 0.694. The zero-order valence-corrected chi connectivity index (χ0v) is 33.7. The van der Waals surface area contributed by atoms with Crippen molar-refractivity contribution in [1.29, 1.82) is 0 Å². The van der Waals surface area contributed by atoms with Gasteiger partial charge in [-0.3, -0.25) is 0 Å². The molecule has 0 N–H and O–H groups in total. The summed E-state index contributed by atoms with van der Waals surface area (Å²) >= 11 is 0. The lowest BCUT2D eigenvalue weighted by Crippen LogP contribution is -1.97. The molecule has 0 unspecified atom stereocenters. The molecular weight excluding hydrogens is 753 g/mol. The van der Waals surface area contributed by atoms with E-state index in [0.717, 1.165) is 72.4 Å². The van der Waals surface area contributed by atoms with Crippen molar-refractivity contribution in [3.8, 4) is 67.5 Å². The van der Waals surface area contributed by atoms with Gasteiger partial charge in [0, 0.05) is 49.6 Å². The number of aromatic nitrogens is 4. The van der Waals surface area contributed by atoms with Crippen LogP contribution >= 0.6 is 0 Å². The van der Waals surface area contributed by atoms with Crippen LogP contribution < -0.4 is 0 Å². The minimum absolute atomic E-state index is 0.694. The zero-order chi connectivity index (χ0) is 41.0. The molecule has 3 aromatic heterocycles. The normalized spacial score (nSPS) is 11.5. The Labute approximate surface area is 359 Å². The predicted octanol–water partition coefficient (Wildman–Crippen LogP) is 15.0. The highest BCUT2D eigenvalue weighted by Gasteiger charge is 2.20. The first-order valence-corrected chi connectivity index (χ1v) is 21.1. The first-order valence-electron chi connectivity index (χ1n) is 21.1. The maximum Gasteiger partial charge on any atom is 0.161 e. The third-order valence-corrected chi connectivity index (χ3v) is 12.1. The summed E-state index contributed by atoms with van der Waals surface area (Å²) in [6, 6.07) is 82.1. The summed E-state index contributed by atoms with van der Waals surface area (Å²) in [7, 11) is 0. The van der Waals surface area contributed by atoms with E-state index in [1.165, 1.54) is 32.9 Å². The second-order valence-corrected chi connectivity index (χ2v) is 15.8. The molecule has 3 heterocycles. The van der Waals surface area contributed by atoms with Crippen molar-refractivity contribution in [2.45, 2.75) is 0 Å². The second-order valence-electron chi connectivity index (χ2n) is 15.8. The summed E-state index contributed by atoms with van der Waals surface area (Å²) in [6.07, 6.45) is 0. The van der Waals surface area contributed by atoms with Crippen LogP contribution in [0.5, 0.6) is 0 Å². The second kappa shape index (κ2) is 14.7. The maximum absolute atomic E-state index is 5.30. The molecule has 62 heavy (non-hydrogen) atoms. The molecule has 9 aromatic carbocycles. The van der Waals surface area contributed by atoms with E-state index < -0.39 is 0 Å². The van der Waals surface area contributed by atoms with Gasteiger partial charge >= 0.3 is 0 Å². The van der Waals surface area contributed by atoms with E-state index in [1.807, 2.05) is 12.1 Å². The third kappa shape index (κ3) is 6.00. The van der Waals surface area contributed by atoms with Crippen LogP contribution in [-0.4, -0.2) is 19.1 Å². The summed E-state index contributed by atoms with van der Waals surface area (Å²) in [4.78, 5) is 10.6. The average Bonchev–Trinajstić information content (AvgIpc) is 3.87. The SMILES string of the molecule is c1ccc(-c2cc(-c3ccccc3)nc(-c3cccc4c3c3cc(-c5cccc(-c6ccc7c(c6)c6ccccc6n7-c6ccccc6)c5)ccc3n4-c3ccccc3)n2)cc1. The van der Waals surface area contributed by atoms with E-state index >= 15 is 0 Å². The summed E-state index contributed by atoms with van der Waals surface area (Å²) < 4.78 is 4.74. The Morgan fingerprint density at radius 2 is 0.710 bits per heavy atom. The quantitative estimate of drug-likeness (QED) is 0.161. The molecular formula is C58H38N4. The van der Waals surface area contributed by atoms with Crippen LogP contribution in [0.1, 0.15) is 0 Å². The molecule has 0 fully saturated rings. The summed E-state index contributed by atoms with van der Waals surface area (Å²) in [6.45, 7) is 0. The van der Waals surface area contributed by atoms with Crippen molar-refractivity contribution < 1.29 is 0 Å². The standard InChI is InChI=1S/C58H38N4/c1-5-17-39(18-6-1)51-38-52(40-19-7-2-8-20-40)60-58(59-51)48-28-16-30-56-57(48)50-37-44(32-34-55(50)62(56)46-25-11-4-12-26-46)42-22-15-21-41(35-42)43-31-33-54-49(36-43)47-27-13-14-29-53(47)61(54)45-23-9-3-10-24-45/h1-38H. The smallest absolute Gasteiger partial charge is 0.161 e. The molecule has 4 heteroatoms. The number of para-hydroxylation sites is 3.